The van der Waals surface area contributed by atoms with Crippen LogP contribution in [0.3, 0.4) is 0 Å². The molecule has 0 fully saturated rings. The Morgan fingerprint density at radius 1 is 1.09 bits per heavy atom. The first-order valence-corrected chi connectivity index (χ1v) is 7.25. The van der Waals surface area contributed by atoms with E-state index in [0.29, 0.717) is 0 Å². The lowest BCUT2D eigenvalue weighted by molar-refractivity contribution is -0.138. The van der Waals surface area contributed by atoms with Crippen LogP contribution >= 0.6 is 12.6 Å². The van der Waals surface area contributed by atoms with Gasteiger partial charge < -0.3 is 26.8 Å². The van der Waals surface area contributed by atoms with Crippen LogP contribution in [0.4, 0.5) is 0 Å². The van der Waals surface area contributed by atoms with Crippen molar-refractivity contribution in [1.82, 2.24) is 16.0 Å². The number of thiol groups is 1. The van der Waals surface area contributed by atoms with Crippen molar-refractivity contribution in [2.24, 2.45) is 11.7 Å². The fourth-order valence-electron chi connectivity index (χ4n) is 1.31. The van der Waals surface area contributed by atoms with E-state index in [4.69, 9.17) is 10.8 Å². The second kappa shape index (κ2) is 10.0. The Bertz CT molecular complexity index is 430. The van der Waals surface area contributed by atoms with Gasteiger partial charge in [-0.05, 0) is 5.92 Å². The number of amides is 3. The number of hydrogen-bond acceptors (Lipinski definition) is 6. The first-order valence-electron chi connectivity index (χ1n) is 6.62. The van der Waals surface area contributed by atoms with Crippen molar-refractivity contribution >= 4 is 36.3 Å². The molecule has 2 unspecified atom stereocenters. The average molecular weight is 334 g/mol. The van der Waals surface area contributed by atoms with Gasteiger partial charge in [0.15, 0.2) is 0 Å². The van der Waals surface area contributed by atoms with E-state index in [9.17, 15) is 19.2 Å². The minimum Gasteiger partial charge on any atom is -0.480 e. The smallest absolute Gasteiger partial charge is 0.322 e. The van der Waals surface area contributed by atoms with Crippen LogP contribution in [0.15, 0.2) is 0 Å². The molecule has 126 valence electrons. The third-order valence-electron chi connectivity index (χ3n) is 2.69. The number of carbonyl (C=O) groups is 4. The molecule has 0 spiro atoms. The Morgan fingerprint density at radius 3 is 2.09 bits per heavy atom. The molecule has 0 rings (SSSR count). The minimum atomic E-state index is -1.20. The summed E-state index contributed by atoms with van der Waals surface area (Å²) in [6.45, 7) is 2.65. The number of rotatable bonds is 9. The molecule has 0 aliphatic carbocycles. The van der Waals surface area contributed by atoms with E-state index in [1.165, 1.54) is 0 Å². The van der Waals surface area contributed by atoms with Gasteiger partial charge in [-0.15, -0.1) is 0 Å². The molecule has 0 heterocycles. The number of carboxylic acids is 1. The van der Waals surface area contributed by atoms with Crippen LogP contribution in [0.25, 0.3) is 0 Å². The zero-order valence-corrected chi connectivity index (χ0v) is 13.4. The van der Waals surface area contributed by atoms with E-state index < -0.39 is 42.3 Å². The lowest BCUT2D eigenvalue weighted by atomic mass is 10.1. The molecule has 3 amide bonds. The van der Waals surface area contributed by atoms with Gasteiger partial charge in [-0.25, -0.2) is 0 Å². The molecule has 0 radical (unpaired) electrons. The van der Waals surface area contributed by atoms with Gasteiger partial charge >= 0.3 is 5.97 Å². The lowest BCUT2D eigenvalue weighted by Gasteiger charge is -2.18. The molecule has 10 heteroatoms. The number of hydrogen-bond donors (Lipinski definition) is 6. The molecular formula is C12H22N4O5S. The van der Waals surface area contributed by atoms with Crippen LogP contribution in [-0.4, -0.2) is 59.7 Å². The SMILES string of the molecule is CC(C)C(N)C(=O)NCC(=O)NC(CS)C(=O)NCC(=O)O. The normalized spacial score (nSPS) is 13.1. The first-order chi connectivity index (χ1) is 10.2. The van der Waals surface area contributed by atoms with Crippen molar-refractivity contribution in [3.05, 3.63) is 0 Å². The van der Waals surface area contributed by atoms with Crippen molar-refractivity contribution in [2.45, 2.75) is 25.9 Å². The molecule has 0 bridgehead atoms. The van der Waals surface area contributed by atoms with Crippen molar-refractivity contribution in [1.29, 1.82) is 0 Å². The van der Waals surface area contributed by atoms with Crippen molar-refractivity contribution in [2.75, 3.05) is 18.8 Å². The van der Waals surface area contributed by atoms with Crippen LogP contribution < -0.4 is 21.7 Å². The number of carboxylic acid groups (broad SMARTS) is 1. The average Bonchev–Trinajstić information content (AvgIpc) is 2.46. The predicted octanol–water partition coefficient (Wildman–Crippen LogP) is -2.30. The van der Waals surface area contributed by atoms with Crippen molar-refractivity contribution < 1.29 is 24.3 Å². The molecule has 2 atom stereocenters. The summed E-state index contributed by atoms with van der Waals surface area (Å²) >= 11 is 3.91. The maximum Gasteiger partial charge on any atom is 0.322 e. The Kier molecular flexibility index (Phi) is 9.18. The largest absolute Gasteiger partial charge is 0.480 e. The van der Waals surface area contributed by atoms with Gasteiger partial charge in [-0.2, -0.15) is 12.6 Å². The van der Waals surface area contributed by atoms with Gasteiger partial charge in [0.2, 0.25) is 17.7 Å². The maximum absolute atomic E-state index is 11.7. The fraction of sp³-hybridized carbons (Fsp3) is 0.667. The van der Waals surface area contributed by atoms with Gasteiger partial charge in [-0.1, -0.05) is 13.8 Å². The maximum atomic E-state index is 11.7. The minimum absolute atomic E-state index is 0.0172. The third kappa shape index (κ3) is 7.84. The highest BCUT2D eigenvalue weighted by molar-refractivity contribution is 7.80. The predicted molar refractivity (Wildman–Crippen MR) is 82.3 cm³/mol. The molecule has 22 heavy (non-hydrogen) atoms. The highest BCUT2D eigenvalue weighted by Gasteiger charge is 2.21. The summed E-state index contributed by atoms with van der Waals surface area (Å²) in [6, 6.07) is -1.72. The van der Waals surface area contributed by atoms with Crippen molar-refractivity contribution in [3.63, 3.8) is 0 Å². The molecule has 0 aliphatic heterocycles. The number of carbonyl (C=O) groups excluding carboxylic acids is 3. The number of nitrogens with one attached hydrogen (secondary N) is 3. The number of nitrogens with two attached hydrogens (primary N) is 1. The standard InChI is InChI=1S/C12H22N4O5S/c1-6(2)10(13)12(21)14-3-8(17)16-7(5-22)11(20)15-4-9(18)19/h6-7,10,22H,3-5,13H2,1-2H3,(H,14,21)(H,15,20)(H,16,17)(H,18,19). The van der Waals surface area contributed by atoms with Crippen LogP contribution in [0.5, 0.6) is 0 Å². The van der Waals surface area contributed by atoms with E-state index in [1.807, 2.05) is 0 Å². The Hall–Kier alpha value is -1.81. The van der Waals surface area contributed by atoms with Gasteiger partial charge in [-0.3, -0.25) is 19.2 Å². The summed E-state index contributed by atoms with van der Waals surface area (Å²) in [5.74, 6) is -3.04. The monoisotopic (exact) mass is 334 g/mol. The summed E-state index contributed by atoms with van der Waals surface area (Å²) in [6.07, 6.45) is 0. The fourth-order valence-corrected chi connectivity index (χ4v) is 1.57. The second-order valence-corrected chi connectivity index (χ2v) is 5.27. The van der Waals surface area contributed by atoms with E-state index >= 15 is 0 Å². The topological polar surface area (TPSA) is 151 Å². The highest BCUT2D eigenvalue weighted by Crippen LogP contribution is 1.97. The second-order valence-electron chi connectivity index (χ2n) is 4.90. The van der Waals surface area contributed by atoms with E-state index in [0.717, 1.165) is 0 Å². The Balaban J connectivity index is 4.29. The quantitative estimate of drug-likeness (QED) is 0.261. The van der Waals surface area contributed by atoms with Crippen LogP contribution in [0.1, 0.15) is 13.8 Å². The van der Waals surface area contributed by atoms with E-state index in [2.05, 4.69) is 28.6 Å². The molecule has 0 aromatic rings. The van der Waals surface area contributed by atoms with Gasteiger partial charge in [0.25, 0.3) is 0 Å². The summed E-state index contributed by atoms with van der Waals surface area (Å²) in [5.41, 5.74) is 5.61. The summed E-state index contributed by atoms with van der Waals surface area (Å²) in [4.78, 5) is 45.2. The molecule has 0 saturated heterocycles. The molecule has 0 aromatic carbocycles. The zero-order valence-electron chi connectivity index (χ0n) is 12.5. The van der Waals surface area contributed by atoms with Crippen LogP contribution in [0, 0.1) is 5.92 Å². The molecule has 9 nitrogen and oxygen atoms in total. The Labute approximate surface area is 133 Å². The van der Waals surface area contributed by atoms with Gasteiger partial charge in [0.05, 0.1) is 12.6 Å². The molecule has 0 aromatic heterocycles. The molecule has 0 saturated carbocycles. The lowest BCUT2D eigenvalue weighted by Crippen LogP contribution is -2.52. The first kappa shape index (κ1) is 20.2. The van der Waals surface area contributed by atoms with Gasteiger partial charge in [0, 0.05) is 5.75 Å². The zero-order chi connectivity index (χ0) is 17.3. The Morgan fingerprint density at radius 2 is 1.64 bits per heavy atom. The third-order valence-corrected chi connectivity index (χ3v) is 3.06. The summed E-state index contributed by atoms with van der Waals surface area (Å²) in [5, 5.41) is 15.3. The van der Waals surface area contributed by atoms with Crippen LogP contribution in [0.2, 0.25) is 0 Å². The van der Waals surface area contributed by atoms with Gasteiger partial charge in [0.1, 0.15) is 12.6 Å². The van der Waals surface area contributed by atoms with Crippen LogP contribution in [-0.2, 0) is 19.2 Å². The number of aliphatic carboxylic acids is 1. The molecular weight excluding hydrogens is 312 g/mol. The summed E-state index contributed by atoms with van der Waals surface area (Å²) < 4.78 is 0. The highest BCUT2D eigenvalue weighted by atomic mass is 32.1. The van der Waals surface area contributed by atoms with E-state index in [1.54, 1.807) is 13.8 Å². The molecule has 6 N–H and O–H groups in total. The van der Waals surface area contributed by atoms with Crippen molar-refractivity contribution in [3.8, 4) is 0 Å². The molecule has 0 aliphatic rings. The summed E-state index contributed by atoms with van der Waals surface area (Å²) in [7, 11) is 0. The van der Waals surface area contributed by atoms with E-state index in [-0.39, 0.29) is 18.2 Å².